The van der Waals surface area contributed by atoms with Gasteiger partial charge in [0.25, 0.3) is 0 Å². The number of aryl methyl sites for hydroxylation is 6. The van der Waals surface area contributed by atoms with Crippen LogP contribution >= 0.6 is 26.3 Å². The number of hydrogen-bond acceptors (Lipinski definition) is 2. The Kier molecular flexibility index (Phi) is 14.1. The normalized spacial score (nSPS) is 20.1. The van der Waals surface area contributed by atoms with Gasteiger partial charge in [0.05, 0.1) is 11.4 Å². The van der Waals surface area contributed by atoms with Crippen molar-refractivity contribution in [2.24, 2.45) is 0 Å². The first-order chi connectivity index (χ1) is 29.2. The molecule has 9 rings (SSSR count). The predicted molar refractivity (Wildman–Crippen MR) is 261 cm³/mol. The molecule has 2 nitrogen and oxygen atoms in total. The van der Waals surface area contributed by atoms with E-state index in [0.717, 1.165) is 11.3 Å². The third kappa shape index (κ3) is 8.25. The van der Waals surface area contributed by atoms with Crippen LogP contribution in [0.3, 0.4) is 0 Å². The molecule has 0 spiro atoms. The fraction of sp³-hybridized carbons (Fsp3) is 0.426. The number of halogens is 2. The molecule has 4 aromatic rings. The second kappa shape index (κ2) is 19.3. The number of rotatable bonds is 6. The van der Waals surface area contributed by atoms with Crippen molar-refractivity contribution in [2.45, 2.75) is 148 Å². The molecule has 0 radical (unpaired) electrons. The Hall–Kier alpha value is -2.80. The molecule has 1 atom stereocenters. The first-order valence-corrected chi connectivity index (χ1v) is 29.3. The van der Waals surface area contributed by atoms with Crippen LogP contribution in [0.4, 0.5) is 11.4 Å². The monoisotopic (exact) mass is 944 g/mol. The summed E-state index contributed by atoms with van der Waals surface area (Å²) >= 11 is -0.346. The minimum absolute atomic E-state index is 0.346. The summed E-state index contributed by atoms with van der Waals surface area (Å²) in [6, 6.07) is 30.7. The standard InChI is InChI=1S/C54H65N2P.2ClH.Ru/c1-37-32-39(3)52(40(4)33-37)55-30-31-56(53-41(5)34-38(2)35-42(53)6)54(55)48-28-18-19-29-50(48)57(44-22-12-8-13-23-44,45-24-14-9-15-25-45)51-36-49(43-20-10-7-11-21-43)46-26-16-17-27-47(46)51;;;/h7,10-11,16-17,20-21,26-27,30-36,44-45,50H,8-9,12-15,18-19,22-25,28-29H2,1-6H3;2*1H;/q;;;+2/p-2. The SMILES string of the molecule is Cc1cc(C)c(N2C=CN(c3c(C)cc(C)cc3C)C2=C2CCCCC2P(=C2C=C(c3ccccc3)c3ccccc32)(C2CCCCC2)C2CCCCC2)c(C)c1.[Cl][Ru][Cl]. The van der Waals surface area contributed by atoms with Gasteiger partial charge in [-0.25, -0.2) is 0 Å². The summed E-state index contributed by atoms with van der Waals surface area (Å²) in [4.78, 5) is 5.34. The number of fused-ring (bicyclic) bond motifs is 1. The molecular formula is C54H65Cl2N2PRu. The topological polar surface area (TPSA) is 6.48 Å². The Morgan fingerprint density at radius 3 is 1.50 bits per heavy atom. The molecule has 6 heteroatoms. The molecule has 3 saturated carbocycles. The maximum atomic E-state index is 4.85. The molecule has 4 aliphatic carbocycles. The van der Waals surface area contributed by atoms with Crippen LogP contribution in [-0.2, 0) is 15.1 Å². The van der Waals surface area contributed by atoms with Crippen molar-refractivity contribution in [3.63, 3.8) is 0 Å². The van der Waals surface area contributed by atoms with Crippen LogP contribution in [0.1, 0.15) is 140 Å². The van der Waals surface area contributed by atoms with Crippen molar-refractivity contribution < 1.29 is 15.1 Å². The van der Waals surface area contributed by atoms with Crippen LogP contribution < -0.4 is 9.80 Å². The summed E-state index contributed by atoms with van der Waals surface area (Å²) in [5.74, 6) is 1.46. The number of allylic oxidation sites excluding steroid dienone is 2. The van der Waals surface area contributed by atoms with Gasteiger partial charge in [-0.15, -0.1) is 0 Å². The number of anilines is 2. The molecule has 1 aliphatic heterocycles. The van der Waals surface area contributed by atoms with E-state index in [9.17, 15) is 0 Å². The zero-order chi connectivity index (χ0) is 42.0. The van der Waals surface area contributed by atoms with E-state index in [1.165, 1.54) is 157 Å². The summed E-state index contributed by atoms with van der Waals surface area (Å²) in [5.41, 5.74) is 20.7. The molecule has 0 saturated heterocycles. The first kappa shape index (κ1) is 43.8. The van der Waals surface area contributed by atoms with Gasteiger partial charge >= 0.3 is 34.5 Å². The van der Waals surface area contributed by atoms with Gasteiger partial charge in [-0.3, -0.25) is 0 Å². The maximum absolute atomic E-state index is 4.85. The van der Waals surface area contributed by atoms with Crippen LogP contribution in [-0.4, -0.2) is 22.3 Å². The van der Waals surface area contributed by atoms with E-state index < -0.39 is 6.89 Å². The molecule has 1 heterocycles. The van der Waals surface area contributed by atoms with Crippen LogP contribution in [0, 0.1) is 41.5 Å². The van der Waals surface area contributed by atoms with Crippen molar-refractivity contribution in [1.82, 2.24) is 0 Å². The molecule has 0 amide bonds. The van der Waals surface area contributed by atoms with Gasteiger partial charge in [-0.2, -0.15) is 0 Å². The summed E-state index contributed by atoms with van der Waals surface area (Å²) in [5, 5.41) is 1.80. The summed E-state index contributed by atoms with van der Waals surface area (Å²) in [6.45, 7) is 12.0. The third-order valence-electron chi connectivity index (χ3n) is 14.6. The summed E-state index contributed by atoms with van der Waals surface area (Å²) in [7, 11) is 9.71. The zero-order valence-electron chi connectivity index (χ0n) is 36.8. The van der Waals surface area contributed by atoms with Crippen molar-refractivity contribution in [3.8, 4) is 0 Å². The van der Waals surface area contributed by atoms with Gasteiger partial charge < -0.3 is 9.80 Å². The van der Waals surface area contributed by atoms with Crippen LogP contribution in [0.5, 0.6) is 0 Å². The predicted octanol–water partition coefficient (Wildman–Crippen LogP) is 16.2. The first-order valence-electron chi connectivity index (χ1n) is 22.8. The number of hydrogen-bond donors (Lipinski definition) is 0. The Labute approximate surface area is 378 Å². The summed E-state index contributed by atoms with van der Waals surface area (Å²) < 4.78 is 0. The van der Waals surface area contributed by atoms with Crippen molar-refractivity contribution in [1.29, 1.82) is 0 Å². The van der Waals surface area contributed by atoms with Crippen molar-refractivity contribution in [2.75, 3.05) is 9.80 Å². The number of nitrogens with zero attached hydrogens (tertiary/aromatic N) is 2. The van der Waals surface area contributed by atoms with Crippen molar-refractivity contribution >= 4 is 48.5 Å². The minimum atomic E-state index is -1.87. The van der Waals surface area contributed by atoms with Gasteiger partial charge in [0.15, 0.2) is 0 Å². The molecule has 1 unspecified atom stereocenters. The molecule has 60 heavy (non-hydrogen) atoms. The fourth-order valence-electron chi connectivity index (χ4n) is 12.7. The quantitative estimate of drug-likeness (QED) is 0.140. The Balaban J connectivity index is 0.00000162. The molecule has 5 aliphatic rings. The van der Waals surface area contributed by atoms with Crippen LogP contribution in [0.15, 0.2) is 109 Å². The van der Waals surface area contributed by atoms with Gasteiger partial charge in [-0.05, 0) is 159 Å². The summed E-state index contributed by atoms with van der Waals surface area (Å²) in [6.07, 6.45) is 26.8. The Morgan fingerprint density at radius 2 is 1.00 bits per heavy atom. The molecule has 0 aromatic heterocycles. The Bertz CT molecular complexity index is 2210. The molecule has 0 bridgehead atoms. The van der Waals surface area contributed by atoms with Gasteiger partial charge in [0.2, 0.25) is 0 Å². The number of benzene rings is 4. The van der Waals surface area contributed by atoms with Gasteiger partial charge in [0, 0.05) is 18.1 Å². The molecule has 4 aromatic carbocycles. The average Bonchev–Trinajstić information content (AvgIpc) is 3.85. The molecule has 0 N–H and O–H groups in total. The molecule has 318 valence electrons. The van der Waals surface area contributed by atoms with E-state index >= 15 is 0 Å². The van der Waals surface area contributed by atoms with Crippen LogP contribution in [0.2, 0.25) is 0 Å². The van der Waals surface area contributed by atoms with E-state index in [0.29, 0.717) is 5.66 Å². The van der Waals surface area contributed by atoms with Gasteiger partial charge in [0.1, 0.15) is 5.82 Å². The van der Waals surface area contributed by atoms with Crippen LogP contribution in [0.25, 0.3) is 5.57 Å². The average molecular weight is 945 g/mol. The zero-order valence-corrected chi connectivity index (χ0v) is 41.0. The van der Waals surface area contributed by atoms with E-state index in [2.05, 4.69) is 149 Å². The van der Waals surface area contributed by atoms with E-state index in [4.69, 9.17) is 19.4 Å². The third-order valence-corrected chi connectivity index (χ3v) is 20.8. The van der Waals surface area contributed by atoms with Crippen molar-refractivity contribution in [3.05, 3.63) is 159 Å². The van der Waals surface area contributed by atoms with E-state index in [1.807, 2.05) is 0 Å². The van der Waals surface area contributed by atoms with E-state index in [1.54, 1.807) is 16.4 Å². The van der Waals surface area contributed by atoms with E-state index in [-0.39, 0.29) is 15.1 Å². The second-order valence-electron chi connectivity index (χ2n) is 18.5. The second-order valence-corrected chi connectivity index (χ2v) is 25.3. The fourth-order valence-corrected chi connectivity index (χ4v) is 20.2. The Morgan fingerprint density at radius 1 is 0.550 bits per heavy atom. The molecular weight excluding hydrogens is 880 g/mol. The van der Waals surface area contributed by atoms with Gasteiger partial charge in [-0.1, -0.05) is 142 Å². The molecule has 3 fully saturated rings.